The summed E-state index contributed by atoms with van der Waals surface area (Å²) >= 11 is 0. The van der Waals surface area contributed by atoms with Crippen molar-refractivity contribution < 1.29 is 9.53 Å². The molecule has 96 valence electrons. The Bertz CT molecular complexity index is 418. The first kappa shape index (κ1) is 11.7. The minimum atomic E-state index is 0.0969. The Balaban J connectivity index is 1.69. The maximum atomic E-state index is 12.3. The normalized spacial score (nSPS) is 27.7. The van der Waals surface area contributed by atoms with Crippen LogP contribution in [0.5, 0.6) is 0 Å². The lowest BCUT2D eigenvalue weighted by Crippen LogP contribution is -2.48. The molecule has 0 bridgehead atoms. The molecule has 3 heteroatoms. The molecule has 1 aromatic carbocycles. The van der Waals surface area contributed by atoms with Gasteiger partial charge in [-0.25, -0.2) is 0 Å². The second kappa shape index (κ2) is 5.11. The Morgan fingerprint density at radius 1 is 1.17 bits per heavy atom. The average molecular weight is 245 g/mol. The van der Waals surface area contributed by atoms with Gasteiger partial charge in [-0.05, 0) is 25.0 Å². The van der Waals surface area contributed by atoms with Crippen molar-refractivity contribution in [3.05, 3.63) is 35.9 Å². The van der Waals surface area contributed by atoms with Gasteiger partial charge in [-0.3, -0.25) is 4.79 Å². The van der Waals surface area contributed by atoms with Gasteiger partial charge in [-0.1, -0.05) is 31.0 Å². The fourth-order valence-electron chi connectivity index (χ4n) is 3.03. The zero-order valence-corrected chi connectivity index (χ0v) is 10.5. The van der Waals surface area contributed by atoms with E-state index in [9.17, 15) is 4.79 Å². The average Bonchev–Trinajstić information content (AvgIpc) is 2.47. The maximum absolute atomic E-state index is 12.3. The molecule has 2 aliphatic rings. The predicted molar refractivity (Wildman–Crippen MR) is 69.2 cm³/mol. The first-order valence-electron chi connectivity index (χ1n) is 6.80. The molecule has 0 N–H and O–H groups in total. The molecular formula is C15H19NO2. The summed E-state index contributed by atoms with van der Waals surface area (Å²) in [4.78, 5) is 14.2. The molecule has 1 amide bonds. The molecule has 1 aliphatic heterocycles. The van der Waals surface area contributed by atoms with Gasteiger partial charge in [0, 0.05) is 18.0 Å². The number of rotatable bonds is 1. The lowest BCUT2D eigenvalue weighted by atomic mass is 9.85. The van der Waals surface area contributed by atoms with Gasteiger partial charge in [0.2, 0.25) is 0 Å². The van der Waals surface area contributed by atoms with Crippen LogP contribution < -0.4 is 0 Å². The largest absolute Gasteiger partial charge is 0.357 e. The van der Waals surface area contributed by atoms with E-state index < -0.39 is 0 Å². The third-order valence-corrected chi connectivity index (χ3v) is 4.05. The third-order valence-electron chi connectivity index (χ3n) is 4.05. The number of fused-ring (bicyclic) bond motifs is 1. The van der Waals surface area contributed by atoms with Crippen LogP contribution in [-0.4, -0.2) is 30.2 Å². The highest BCUT2D eigenvalue weighted by Crippen LogP contribution is 2.31. The van der Waals surface area contributed by atoms with Crippen LogP contribution in [0.25, 0.3) is 0 Å². The molecule has 0 unspecified atom stereocenters. The number of hydrogen-bond donors (Lipinski definition) is 0. The molecule has 0 aromatic heterocycles. The van der Waals surface area contributed by atoms with Gasteiger partial charge < -0.3 is 9.64 Å². The molecule has 3 rings (SSSR count). The monoisotopic (exact) mass is 245 g/mol. The van der Waals surface area contributed by atoms with Crippen molar-refractivity contribution in [2.45, 2.75) is 31.8 Å². The summed E-state index contributed by atoms with van der Waals surface area (Å²) in [5, 5.41) is 0. The van der Waals surface area contributed by atoms with Gasteiger partial charge in [0.25, 0.3) is 5.91 Å². The van der Waals surface area contributed by atoms with Crippen molar-refractivity contribution in [1.82, 2.24) is 4.90 Å². The minimum absolute atomic E-state index is 0.0969. The number of hydrogen-bond acceptors (Lipinski definition) is 2. The topological polar surface area (TPSA) is 29.5 Å². The van der Waals surface area contributed by atoms with E-state index in [2.05, 4.69) is 0 Å². The molecule has 2 atom stereocenters. The molecule has 0 spiro atoms. The maximum Gasteiger partial charge on any atom is 0.255 e. The molecule has 1 heterocycles. The highest BCUT2D eigenvalue weighted by atomic mass is 16.5. The highest BCUT2D eigenvalue weighted by molar-refractivity contribution is 5.94. The van der Waals surface area contributed by atoms with Crippen molar-refractivity contribution in [3.8, 4) is 0 Å². The molecule has 18 heavy (non-hydrogen) atoms. The fourth-order valence-corrected chi connectivity index (χ4v) is 3.03. The van der Waals surface area contributed by atoms with E-state index in [4.69, 9.17) is 4.74 Å². The van der Waals surface area contributed by atoms with Gasteiger partial charge in [0.15, 0.2) is 0 Å². The highest BCUT2D eigenvalue weighted by Gasteiger charge is 2.33. The summed E-state index contributed by atoms with van der Waals surface area (Å²) in [6.07, 6.45) is 5.30. The standard InChI is InChI=1S/C15H19NO2/c17-15(12-6-2-1-3-7-12)16-10-13-8-4-5-9-14(13)18-11-16/h1-3,6-7,13-14H,4-5,8-11H2/t13-,14-/m0/s1. The van der Waals surface area contributed by atoms with Gasteiger partial charge in [0.1, 0.15) is 6.73 Å². The van der Waals surface area contributed by atoms with E-state index in [1.54, 1.807) is 0 Å². The van der Waals surface area contributed by atoms with E-state index >= 15 is 0 Å². The lowest BCUT2D eigenvalue weighted by molar-refractivity contribution is -0.102. The van der Waals surface area contributed by atoms with Crippen molar-refractivity contribution in [2.24, 2.45) is 5.92 Å². The van der Waals surface area contributed by atoms with Crippen LogP contribution in [0, 0.1) is 5.92 Å². The van der Waals surface area contributed by atoms with Crippen LogP contribution in [0.15, 0.2) is 30.3 Å². The van der Waals surface area contributed by atoms with Crippen LogP contribution in [0.3, 0.4) is 0 Å². The van der Waals surface area contributed by atoms with Crippen LogP contribution in [-0.2, 0) is 4.74 Å². The second-order valence-electron chi connectivity index (χ2n) is 5.27. The summed E-state index contributed by atoms with van der Waals surface area (Å²) in [5.74, 6) is 0.639. The van der Waals surface area contributed by atoms with Gasteiger partial charge in [-0.15, -0.1) is 0 Å². The number of benzene rings is 1. The predicted octanol–water partition coefficient (Wildman–Crippen LogP) is 2.68. The van der Waals surface area contributed by atoms with Gasteiger partial charge in [-0.2, -0.15) is 0 Å². The molecule has 3 nitrogen and oxygen atoms in total. The first-order chi connectivity index (χ1) is 8.84. The van der Waals surface area contributed by atoms with Gasteiger partial charge in [0.05, 0.1) is 6.10 Å². The van der Waals surface area contributed by atoms with Crippen LogP contribution in [0.2, 0.25) is 0 Å². The van der Waals surface area contributed by atoms with E-state index in [0.29, 0.717) is 18.8 Å². The van der Waals surface area contributed by atoms with Crippen molar-refractivity contribution >= 4 is 5.91 Å². The van der Waals surface area contributed by atoms with Gasteiger partial charge >= 0.3 is 0 Å². The third kappa shape index (κ3) is 2.27. The molecule has 2 fully saturated rings. The van der Waals surface area contributed by atoms with Crippen molar-refractivity contribution in [2.75, 3.05) is 13.3 Å². The SMILES string of the molecule is O=C(c1ccccc1)N1CO[C@H]2CCCC[C@H]2C1. The number of nitrogens with zero attached hydrogens (tertiary/aromatic N) is 1. The first-order valence-corrected chi connectivity index (χ1v) is 6.80. The van der Waals surface area contributed by atoms with E-state index in [1.807, 2.05) is 35.2 Å². The summed E-state index contributed by atoms with van der Waals surface area (Å²) < 4.78 is 5.84. The number of carbonyl (C=O) groups is 1. The fraction of sp³-hybridized carbons (Fsp3) is 0.533. The smallest absolute Gasteiger partial charge is 0.255 e. The Morgan fingerprint density at radius 2 is 1.94 bits per heavy atom. The Morgan fingerprint density at radius 3 is 2.78 bits per heavy atom. The zero-order chi connectivity index (χ0) is 12.4. The van der Waals surface area contributed by atoms with E-state index in [-0.39, 0.29) is 5.91 Å². The lowest BCUT2D eigenvalue weighted by Gasteiger charge is -2.41. The van der Waals surface area contributed by atoms with E-state index in [1.165, 1.54) is 19.3 Å². The summed E-state index contributed by atoms with van der Waals surface area (Å²) in [6.45, 7) is 1.31. The van der Waals surface area contributed by atoms with Crippen molar-refractivity contribution in [3.63, 3.8) is 0 Å². The summed E-state index contributed by atoms with van der Waals surface area (Å²) in [5.41, 5.74) is 0.760. The van der Waals surface area contributed by atoms with Crippen LogP contribution >= 0.6 is 0 Å². The summed E-state index contributed by atoms with van der Waals surface area (Å²) in [7, 11) is 0. The molecule has 1 aliphatic carbocycles. The Hall–Kier alpha value is -1.35. The molecule has 0 radical (unpaired) electrons. The quantitative estimate of drug-likeness (QED) is 0.761. The summed E-state index contributed by atoms with van der Waals surface area (Å²) in [6, 6.07) is 9.48. The molecule has 1 aromatic rings. The molecule has 1 saturated heterocycles. The molecular weight excluding hydrogens is 226 g/mol. The number of amides is 1. The van der Waals surface area contributed by atoms with Crippen molar-refractivity contribution in [1.29, 1.82) is 0 Å². The second-order valence-corrected chi connectivity index (χ2v) is 5.27. The van der Waals surface area contributed by atoms with Crippen LogP contribution in [0.1, 0.15) is 36.0 Å². The Kier molecular flexibility index (Phi) is 3.33. The van der Waals surface area contributed by atoms with Crippen LogP contribution in [0.4, 0.5) is 0 Å². The van der Waals surface area contributed by atoms with E-state index in [0.717, 1.165) is 18.5 Å². The Labute approximate surface area is 108 Å². The minimum Gasteiger partial charge on any atom is -0.357 e. The molecule has 1 saturated carbocycles. The number of carbonyl (C=O) groups excluding carboxylic acids is 1. The number of ether oxygens (including phenoxy) is 1. The zero-order valence-electron chi connectivity index (χ0n) is 10.5.